The van der Waals surface area contributed by atoms with Gasteiger partial charge < -0.3 is 46.0 Å². The predicted molar refractivity (Wildman–Crippen MR) is 208 cm³/mol. The highest BCUT2D eigenvalue weighted by atomic mass is 19.1. The molecule has 0 spiro atoms. The molecule has 9 N–H and O–H groups in total. The molecule has 15 nitrogen and oxygen atoms in total. The molecule has 5 aromatic carbocycles. The van der Waals surface area contributed by atoms with Crippen LogP contribution in [0.3, 0.4) is 0 Å². The van der Waals surface area contributed by atoms with Gasteiger partial charge in [0.25, 0.3) is 0 Å². The van der Waals surface area contributed by atoms with E-state index in [9.17, 15) is 28.7 Å². The minimum absolute atomic E-state index is 0.170. The molecule has 0 aliphatic carbocycles. The van der Waals surface area contributed by atoms with E-state index in [1.54, 1.807) is 84.9 Å². The smallest absolute Gasteiger partial charge is 0.337 e. The average molecular weight is 811 g/mol. The molecule has 1 aromatic heterocycles. The molecule has 0 amide bonds. The van der Waals surface area contributed by atoms with Gasteiger partial charge in [0.2, 0.25) is 0 Å². The van der Waals surface area contributed by atoms with Crippen molar-refractivity contribution in [2.45, 2.75) is 30.5 Å². The Hall–Kier alpha value is -7.39. The highest BCUT2D eigenvalue weighted by Crippen LogP contribution is 2.20. The van der Waals surface area contributed by atoms with E-state index in [0.29, 0.717) is 22.3 Å². The van der Waals surface area contributed by atoms with E-state index in [2.05, 4.69) is 4.98 Å². The lowest BCUT2D eigenvalue weighted by atomic mass is 10.0. The zero-order chi connectivity index (χ0) is 43.9. The Morgan fingerprint density at radius 3 is 1.32 bits per heavy atom. The number of aromatic nitrogens is 1. The number of aliphatic hydroxyl groups excluding tert-OH is 5. The zero-order valence-corrected chi connectivity index (χ0v) is 30.8. The van der Waals surface area contributed by atoms with Crippen molar-refractivity contribution in [2.24, 2.45) is 0 Å². The van der Waals surface area contributed by atoms with Crippen LogP contribution in [0.4, 0.5) is 4.39 Å². The van der Waals surface area contributed by atoms with Crippen LogP contribution in [0.5, 0.6) is 0 Å². The van der Waals surface area contributed by atoms with Crippen LogP contribution in [0.1, 0.15) is 58.3 Å². The molecule has 1 heterocycles. The Balaban J connectivity index is 0.000000256. The Kier molecular flexibility index (Phi) is 20.2. The van der Waals surface area contributed by atoms with Crippen molar-refractivity contribution in [3.63, 3.8) is 0 Å². The Morgan fingerprint density at radius 1 is 0.475 bits per heavy atom. The lowest BCUT2D eigenvalue weighted by Crippen LogP contribution is -2.10. The number of nitrogens with zero attached hydrogens (tertiary/aromatic N) is 2. The van der Waals surface area contributed by atoms with Gasteiger partial charge in [0.1, 0.15) is 5.82 Å². The molecule has 5 atom stereocenters. The molecule has 0 saturated heterocycles. The summed E-state index contributed by atoms with van der Waals surface area (Å²) in [5, 5.41) is 89.3. The van der Waals surface area contributed by atoms with Crippen molar-refractivity contribution in [2.75, 3.05) is 0 Å². The third-order valence-corrected chi connectivity index (χ3v) is 7.56. The van der Waals surface area contributed by atoms with Gasteiger partial charge in [0.05, 0.1) is 6.07 Å². The topological polar surface area (TPSA) is 287 Å². The quantitative estimate of drug-likeness (QED) is 0.0854. The highest BCUT2D eigenvalue weighted by molar-refractivity contribution is 5.85. The zero-order valence-electron chi connectivity index (χ0n) is 30.8. The highest BCUT2D eigenvalue weighted by Gasteiger charge is 2.17. The standard InChI is InChI=1S/C12H10O3.C8H7FO3.C8H7NO.C8H8O3.C7H7NO3/c13-11(12(14)15)10-6-5-8-3-1-2-4-9(8)7-10;9-6-3-1-5(2-4-6)7(10)8(11)12;9-6-8(10)7-4-2-1-3-5-7;9-7(8(10)11)6-4-2-1-3-5-6;9-6(7(10)11)5-2-1-3-8-4-5/h1-7,11,13H,(H,14,15);1-4,7,10H,(H,11,12);1-5,8,10H;1-5,7,9H,(H,10,11);1-4,6,9H,(H,10,11)/t11-;7-;;;6-/m11..1/s1. The van der Waals surface area contributed by atoms with Crippen molar-refractivity contribution in [3.05, 3.63) is 186 Å². The van der Waals surface area contributed by atoms with Crippen LogP contribution in [-0.2, 0) is 19.2 Å². The van der Waals surface area contributed by atoms with Crippen LogP contribution < -0.4 is 0 Å². The van der Waals surface area contributed by atoms with E-state index >= 15 is 0 Å². The summed E-state index contributed by atoms with van der Waals surface area (Å²) in [6.07, 6.45) is -4.06. The van der Waals surface area contributed by atoms with Crippen molar-refractivity contribution in [1.29, 1.82) is 5.26 Å². The Bertz CT molecular complexity index is 2200. The molecular formula is C43H39FN2O13. The first-order chi connectivity index (χ1) is 28.1. The fourth-order valence-corrected chi connectivity index (χ4v) is 4.48. The first-order valence-corrected chi connectivity index (χ1v) is 17.0. The molecule has 0 aliphatic rings. The number of aliphatic hydroxyl groups is 5. The molecule has 59 heavy (non-hydrogen) atoms. The Morgan fingerprint density at radius 2 is 0.864 bits per heavy atom. The summed E-state index contributed by atoms with van der Waals surface area (Å²) in [4.78, 5) is 45.0. The molecule has 0 radical (unpaired) electrons. The number of carbonyl (C=O) groups is 4. The summed E-state index contributed by atoms with van der Waals surface area (Å²) in [5.74, 6) is -5.53. The van der Waals surface area contributed by atoms with Crippen LogP contribution >= 0.6 is 0 Å². The van der Waals surface area contributed by atoms with E-state index in [-0.39, 0.29) is 5.56 Å². The van der Waals surface area contributed by atoms with E-state index in [1.807, 2.05) is 30.3 Å². The number of nitriles is 1. The average Bonchev–Trinajstić information content (AvgIpc) is 3.26. The lowest BCUT2D eigenvalue weighted by Gasteiger charge is -2.06. The van der Waals surface area contributed by atoms with E-state index in [0.717, 1.165) is 22.9 Å². The second-order valence-corrected chi connectivity index (χ2v) is 11.8. The number of carboxylic acid groups (broad SMARTS) is 4. The monoisotopic (exact) mass is 810 g/mol. The molecule has 0 aliphatic heterocycles. The second kappa shape index (κ2) is 25.0. The summed E-state index contributed by atoms with van der Waals surface area (Å²) < 4.78 is 12.3. The van der Waals surface area contributed by atoms with Gasteiger partial charge in [-0.2, -0.15) is 5.26 Å². The van der Waals surface area contributed by atoms with Gasteiger partial charge >= 0.3 is 23.9 Å². The van der Waals surface area contributed by atoms with Gasteiger partial charge in [-0.25, -0.2) is 23.6 Å². The number of fused-ring (bicyclic) bond motifs is 1. The minimum atomic E-state index is -1.58. The van der Waals surface area contributed by atoms with Gasteiger partial charge in [-0.15, -0.1) is 0 Å². The maximum absolute atomic E-state index is 12.3. The lowest BCUT2D eigenvalue weighted by molar-refractivity contribution is -0.147. The van der Waals surface area contributed by atoms with Gasteiger partial charge in [0, 0.05) is 18.0 Å². The fourth-order valence-electron chi connectivity index (χ4n) is 4.48. The third-order valence-electron chi connectivity index (χ3n) is 7.56. The largest absolute Gasteiger partial charge is 0.479 e. The first kappa shape index (κ1) is 47.8. The number of aliphatic carboxylic acids is 4. The summed E-state index contributed by atoms with van der Waals surface area (Å²) in [6.45, 7) is 0. The Labute approximate surface area is 336 Å². The summed E-state index contributed by atoms with van der Waals surface area (Å²) >= 11 is 0. The summed E-state index contributed by atoms with van der Waals surface area (Å²) in [5.41, 5.74) is 1.91. The van der Waals surface area contributed by atoms with E-state index in [4.69, 9.17) is 46.1 Å². The van der Waals surface area contributed by atoms with Crippen LogP contribution in [-0.4, -0.2) is 74.8 Å². The van der Waals surface area contributed by atoms with E-state index in [1.165, 1.54) is 30.6 Å². The minimum Gasteiger partial charge on any atom is -0.479 e. The van der Waals surface area contributed by atoms with Crippen molar-refractivity contribution in [1.82, 2.24) is 4.98 Å². The molecule has 0 saturated carbocycles. The number of pyridine rings is 1. The van der Waals surface area contributed by atoms with Crippen LogP contribution in [0.15, 0.2) is 152 Å². The third kappa shape index (κ3) is 16.7. The maximum atomic E-state index is 12.3. The van der Waals surface area contributed by atoms with Gasteiger partial charge in [-0.1, -0.05) is 115 Å². The van der Waals surface area contributed by atoms with Gasteiger partial charge in [0.15, 0.2) is 30.5 Å². The molecule has 0 fully saturated rings. The van der Waals surface area contributed by atoms with Crippen molar-refractivity contribution >= 4 is 34.6 Å². The molecular weight excluding hydrogens is 771 g/mol. The number of rotatable bonds is 9. The normalized spacial score (nSPS) is 12.4. The van der Waals surface area contributed by atoms with Crippen LogP contribution in [0, 0.1) is 17.1 Å². The molecule has 306 valence electrons. The first-order valence-electron chi connectivity index (χ1n) is 17.0. The summed E-state index contributed by atoms with van der Waals surface area (Å²) in [7, 11) is 0. The van der Waals surface area contributed by atoms with Crippen LogP contribution in [0.25, 0.3) is 10.8 Å². The van der Waals surface area contributed by atoms with Crippen molar-refractivity contribution in [3.8, 4) is 6.07 Å². The molecule has 16 heteroatoms. The molecule has 6 rings (SSSR count). The van der Waals surface area contributed by atoms with Gasteiger partial charge in [-0.3, -0.25) is 4.98 Å². The predicted octanol–water partition coefficient (Wildman–Crippen LogP) is 5.15. The molecule has 2 unspecified atom stereocenters. The van der Waals surface area contributed by atoms with Crippen LogP contribution in [0.2, 0.25) is 0 Å². The second-order valence-electron chi connectivity index (χ2n) is 11.8. The number of hydrogen-bond donors (Lipinski definition) is 9. The number of carboxylic acids is 4. The summed E-state index contributed by atoms with van der Waals surface area (Å²) in [6, 6.07) is 39.3. The van der Waals surface area contributed by atoms with Gasteiger partial charge in [-0.05, 0) is 57.3 Å². The van der Waals surface area contributed by atoms with Crippen molar-refractivity contribution < 1.29 is 69.5 Å². The fraction of sp³-hybridized carbons (Fsp3) is 0.116. The number of hydrogen-bond acceptors (Lipinski definition) is 11. The molecule has 0 bridgehead atoms. The number of halogens is 1. The number of benzene rings is 5. The van der Waals surface area contributed by atoms with E-state index < -0.39 is 60.2 Å². The SMILES string of the molecule is N#CC(O)c1ccccc1.O=C(O)C(O)c1ccccc1.O=C(O)[C@H](O)c1ccc(F)cc1.O=C(O)[C@H](O)c1ccc2ccccc2c1.O=C(O)[C@H](O)c1cccnc1. The maximum Gasteiger partial charge on any atom is 0.337 e. The molecule has 6 aromatic rings.